The minimum Gasteiger partial charge on any atom is -0.370 e. The second-order valence-corrected chi connectivity index (χ2v) is 6.41. The van der Waals surface area contributed by atoms with Crippen molar-refractivity contribution in [2.45, 2.75) is 50.8 Å². The summed E-state index contributed by atoms with van der Waals surface area (Å²) in [6.07, 6.45) is -4.05. The van der Waals surface area contributed by atoms with Crippen molar-refractivity contribution in [1.29, 1.82) is 0 Å². The Morgan fingerprint density at radius 3 is 2.00 bits per heavy atom. The molecule has 0 radical (unpaired) electrons. The maximum atomic E-state index is 14.6. The number of benzene rings is 2. The molecule has 1 aliphatic rings. The minimum absolute atomic E-state index is 0.206. The molecule has 0 unspecified atom stereocenters. The molecule has 0 N–H and O–H groups in total. The molecule has 6 nitrogen and oxygen atoms in total. The highest BCUT2D eigenvalue weighted by molar-refractivity contribution is 5.14. The van der Waals surface area contributed by atoms with E-state index in [1.165, 1.54) is 0 Å². The van der Waals surface area contributed by atoms with Crippen LogP contribution in [0, 0.1) is 0 Å². The first-order valence-electron chi connectivity index (χ1n) is 8.84. The van der Waals surface area contributed by atoms with Gasteiger partial charge in [0, 0.05) is 4.91 Å². The molecule has 5 atom stereocenters. The number of hydrogen-bond donors (Lipinski definition) is 0. The van der Waals surface area contributed by atoms with Gasteiger partial charge in [0.2, 0.25) is 6.36 Å². The lowest BCUT2D eigenvalue weighted by molar-refractivity contribution is -0.248. The first-order chi connectivity index (χ1) is 13.2. The molecule has 1 aliphatic heterocycles. The van der Waals surface area contributed by atoms with Gasteiger partial charge in [-0.1, -0.05) is 65.8 Å². The van der Waals surface area contributed by atoms with E-state index in [1.54, 1.807) is 6.92 Å². The molecular weight excluding hydrogens is 349 g/mol. The zero-order valence-corrected chi connectivity index (χ0v) is 15.0. The van der Waals surface area contributed by atoms with Crippen molar-refractivity contribution in [3.8, 4) is 0 Å². The van der Waals surface area contributed by atoms with Crippen molar-refractivity contribution in [2.75, 3.05) is 0 Å². The Labute approximate surface area is 157 Å². The quantitative estimate of drug-likeness (QED) is 0.407. The fraction of sp³-hybridized carbons (Fsp3) is 0.400. The zero-order chi connectivity index (χ0) is 19.1. The van der Waals surface area contributed by atoms with Gasteiger partial charge in [-0.05, 0) is 23.6 Å². The number of hydrogen-bond acceptors (Lipinski definition) is 4. The average molecular weight is 371 g/mol. The number of nitrogens with zero attached hydrogens (tertiary/aromatic N) is 3. The fourth-order valence-electron chi connectivity index (χ4n) is 3.09. The number of azide groups is 1. The highest BCUT2D eigenvalue weighted by Gasteiger charge is 2.46. The lowest BCUT2D eigenvalue weighted by Gasteiger charge is -2.41. The summed E-state index contributed by atoms with van der Waals surface area (Å²) in [7, 11) is 0. The van der Waals surface area contributed by atoms with Gasteiger partial charge in [-0.25, -0.2) is 4.39 Å². The van der Waals surface area contributed by atoms with Crippen LogP contribution in [0.3, 0.4) is 0 Å². The van der Waals surface area contributed by atoms with Crippen LogP contribution in [-0.2, 0) is 27.4 Å². The first-order valence-corrected chi connectivity index (χ1v) is 8.84. The fourth-order valence-corrected chi connectivity index (χ4v) is 3.09. The molecule has 1 saturated heterocycles. The largest absolute Gasteiger partial charge is 0.370 e. The van der Waals surface area contributed by atoms with Crippen LogP contribution in [0.2, 0.25) is 0 Å². The molecule has 1 fully saturated rings. The molecule has 0 aromatic heterocycles. The van der Waals surface area contributed by atoms with Gasteiger partial charge in [0.15, 0.2) is 0 Å². The van der Waals surface area contributed by atoms with Crippen LogP contribution in [0.5, 0.6) is 0 Å². The van der Waals surface area contributed by atoms with Crippen LogP contribution in [-0.4, -0.2) is 30.7 Å². The summed E-state index contributed by atoms with van der Waals surface area (Å²) in [5, 5.41) is 3.78. The van der Waals surface area contributed by atoms with Crippen molar-refractivity contribution in [2.24, 2.45) is 5.11 Å². The van der Waals surface area contributed by atoms with E-state index in [-0.39, 0.29) is 13.2 Å². The Morgan fingerprint density at radius 1 is 0.963 bits per heavy atom. The third kappa shape index (κ3) is 5.05. The van der Waals surface area contributed by atoms with Gasteiger partial charge in [0.1, 0.15) is 12.2 Å². The molecule has 2 aromatic carbocycles. The summed E-state index contributed by atoms with van der Waals surface area (Å²) in [6.45, 7) is 2.13. The second kappa shape index (κ2) is 9.48. The average Bonchev–Trinajstić information content (AvgIpc) is 2.69. The Balaban J connectivity index is 1.76. The smallest absolute Gasteiger partial charge is 0.228 e. The minimum atomic E-state index is -1.67. The van der Waals surface area contributed by atoms with Gasteiger partial charge in [-0.15, -0.1) is 0 Å². The van der Waals surface area contributed by atoms with Crippen molar-refractivity contribution in [3.63, 3.8) is 0 Å². The molecule has 7 heteroatoms. The normalized spacial score (nSPS) is 27.7. The highest BCUT2D eigenvalue weighted by atomic mass is 19.1. The molecule has 0 spiro atoms. The van der Waals surface area contributed by atoms with Crippen LogP contribution >= 0.6 is 0 Å². The number of halogens is 1. The lowest BCUT2D eigenvalue weighted by atomic mass is 9.97. The van der Waals surface area contributed by atoms with E-state index < -0.39 is 30.7 Å². The van der Waals surface area contributed by atoms with E-state index in [9.17, 15) is 4.39 Å². The van der Waals surface area contributed by atoms with E-state index >= 15 is 0 Å². The van der Waals surface area contributed by atoms with Gasteiger partial charge >= 0.3 is 0 Å². The Morgan fingerprint density at radius 2 is 1.48 bits per heavy atom. The molecular formula is C20H22FN3O3. The van der Waals surface area contributed by atoms with Crippen LogP contribution in [0.15, 0.2) is 65.8 Å². The van der Waals surface area contributed by atoms with Gasteiger partial charge in [-0.2, -0.15) is 0 Å². The van der Waals surface area contributed by atoms with Crippen LogP contribution in [0.25, 0.3) is 10.4 Å². The van der Waals surface area contributed by atoms with Crippen molar-refractivity contribution >= 4 is 0 Å². The van der Waals surface area contributed by atoms with Gasteiger partial charge < -0.3 is 14.2 Å². The SMILES string of the molecule is C[C@H]1O[C@H](F)[C@H](OCc2ccccc2)[C@@H](OCc2ccccc2)[C@@H]1N=[N+]=[N-]. The predicted molar refractivity (Wildman–Crippen MR) is 98.4 cm³/mol. The van der Waals surface area contributed by atoms with E-state index in [4.69, 9.17) is 19.7 Å². The molecule has 1 heterocycles. The third-order valence-corrected chi connectivity index (χ3v) is 4.50. The van der Waals surface area contributed by atoms with Crippen LogP contribution in [0.4, 0.5) is 4.39 Å². The molecule has 3 rings (SSSR count). The monoisotopic (exact) mass is 371 g/mol. The number of ether oxygens (including phenoxy) is 3. The molecule has 27 heavy (non-hydrogen) atoms. The summed E-state index contributed by atoms with van der Waals surface area (Å²) in [4.78, 5) is 2.88. The van der Waals surface area contributed by atoms with Gasteiger partial charge in [0.05, 0.1) is 25.4 Å². The van der Waals surface area contributed by atoms with Crippen molar-refractivity contribution in [1.82, 2.24) is 0 Å². The molecule has 2 aromatic rings. The third-order valence-electron chi connectivity index (χ3n) is 4.50. The second-order valence-electron chi connectivity index (χ2n) is 6.41. The molecule has 0 aliphatic carbocycles. The first kappa shape index (κ1) is 19.3. The summed E-state index contributed by atoms with van der Waals surface area (Å²) in [5.74, 6) is 0. The predicted octanol–water partition coefficient (Wildman–Crippen LogP) is 4.55. The Kier molecular flexibility index (Phi) is 6.79. The highest BCUT2D eigenvalue weighted by Crippen LogP contribution is 2.30. The summed E-state index contributed by atoms with van der Waals surface area (Å²) < 4.78 is 31.7. The lowest BCUT2D eigenvalue weighted by Crippen LogP contribution is -2.56. The van der Waals surface area contributed by atoms with E-state index in [0.717, 1.165) is 11.1 Å². The molecule has 0 saturated carbocycles. The summed E-state index contributed by atoms with van der Waals surface area (Å²) in [6, 6.07) is 18.3. The van der Waals surface area contributed by atoms with Crippen LogP contribution < -0.4 is 0 Å². The van der Waals surface area contributed by atoms with Gasteiger partial charge in [-0.3, -0.25) is 0 Å². The van der Waals surface area contributed by atoms with E-state index in [2.05, 4.69) is 10.0 Å². The van der Waals surface area contributed by atoms with Crippen molar-refractivity contribution < 1.29 is 18.6 Å². The standard InChI is InChI=1S/C20H22FN3O3/c1-14-17(23-24-22)18(25-12-15-8-4-2-5-9-15)19(20(21)27-14)26-13-16-10-6-3-7-11-16/h2-11,14,17-20H,12-13H2,1H3/t14-,17-,18+,19-,20+/m1/s1. The van der Waals surface area contributed by atoms with E-state index in [1.807, 2.05) is 60.7 Å². The zero-order valence-electron chi connectivity index (χ0n) is 15.0. The maximum absolute atomic E-state index is 14.6. The Hall–Kier alpha value is -2.44. The topological polar surface area (TPSA) is 76.5 Å². The summed E-state index contributed by atoms with van der Waals surface area (Å²) in [5.41, 5.74) is 10.8. The molecule has 0 amide bonds. The number of alkyl halides is 1. The molecule has 142 valence electrons. The van der Waals surface area contributed by atoms with Crippen molar-refractivity contribution in [3.05, 3.63) is 82.2 Å². The molecule has 0 bridgehead atoms. The van der Waals surface area contributed by atoms with Crippen LogP contribution in [0.1, 0.15) is 18.1 Å². The van der Waals surface area contributed by atoms with Gasteiger partial charge in [0.25, 0.3) is 0 Å². The number of rotatable bonds is 7. The maximum Gasteiger partial charge on any atom is 0.228 e. The van der Waals surface area contributed by atoms with E-state index in [0.29, 0.717) is 0 Å². The Bertz CT molecular complexity index is 756. The summed E-state index contributed by atoms with van der Waals surface area (Å²) >= 11 is 0.